The van der Waals surface area contributed by atoms with Gasteiger partial charge in [0, 0.05) is 0 Å². The van der Waals surface area contributed by atoms with Crippen LogP contribution in [0.1, 0.15) is 58.3 Å². The summed E-state index contributed by atoms with van der Waals surface area (Å²) in [5.41, 5.74) is 0. The van der Waals surface area contributed by atoms with Gasteiger partial charge in [-0.25, -0.2) is 0 Å². The van der Waals surface area contributed by atoms with E-state index < -0.39 is 11.4 Å². The first-order valence-corrected chi connectivity index (χ1v) is 7.43. The van der Waals surface area contributed by atoms with Crippen molar-refractivity contribution < 1.29 is 12.6 Å². The average molecular weight is 260 g/mol. The summed E-state index contributed by atoms with van der Waals surface area (Å²) in [5, 5.41) is 0. The van der Waals surface area contributed by atoms with Gasteiger partial charge in [0.1, 0.15) is 6.61 Å². The standard InChI is InChI=1S/C13H24O3S/c1-3-5-6-7-8-9-10-11-13-16-17(14)15-12-4-2/h2H,3,5-13H2,1H3/t17-/m1/s1. The average Bonchev–Trinajstić information content (AvgIpc) is 2.34. The van der Waals surface area contributed by atoms with E-state index >= 15 is 0 Å². The second-order valence-corrected chi connectivity index (χ2v) is 4.85. The molecule has 0 heterocycles. The lowest BCUT2D eigenvalue weighted by molar-refractivity contribution is 0.263. The van der Waals surface area contributed by atoms with Crippen LogP contribution in [0.3, 0.4) is 0 Å². The van der Waals surface area contributed by atoms with Crippen LogP contribution in [0.5, 0.6) is 0 Å². The van der Waals surface area contributed by atoms with E-state index in [4.69, 9.17) is 10.6 Å². The highest BCUT2D eigenvalue weighted by Crippen LogP contribution is 2.08. The SMILES string of the molecule is C#CCO[S@@](=O)OCCCCCCCCCC. The Bertz CT molecular complexity index is 223. The Labute approximate surface area is 108 Å². The number of hydrogen-bond acceptors (Lipinski definition) is 3. The number of unbranched alkanes of at least 4 members (excludes halogenated alkanes) is 7. The highest BCUT2D eigenvalue weighted by Gasteiger charge is 1.99. The van der Waals surface area contributed by atoms with E-state index in [0.29, 0.717) is 6.61 Å². The molecule has 0 unspecified atom stereocenters. The van der Waals surface area contributed by atoms with Crippen LogP contribution in [0.2, 0.25) is 0 Å². The third-order valence-electron chi connectivity index (χ3n) is 2.42. The third kappa shape index (κ3) is 13.6. The van der Waals surface area contributed by atoms with Gasteiger partial charge in [0.15, 0.2) is 0 Å². The fraction of sp³-hybridized carbons (Fsp3) is 0.846. The second-order valence-electron chi connectivity index (χ2n) is 3.97. The van der Waals surface area contributed by atoms with Crippen molar-refractivity contribution in [3.63, 3.8) is 0 Å². The molecule has 3 nitrogen and oxygen atoms in total. The molecule has 0 aliphatic carbocycles. The zero-order valence-electron chi connectivity index (χ0n) is 10.8. The molecule has 0 aromatic carbocycles. The Morgan fingerprint density at radius 1 is 1.00 bits per heavy atom. The first kappa shape index (κ1) is 16.6. The van der Waals surface area contributed by atoms with Crippen LogP contribution in [0.15, 0.2) is 0 Å². The second kappa shape index (κ2) is 13.7. The molecule has 0 bridgehead atoms. The zero-order chi connectivity index (χ0) is 12.8. The molecule has 0 rings (SSSR count). The molecule has 0 aliphatic heterocycles. The van der Waals surface area contributed by atoms with E-state index in [1.165, 1.54) is 38.5 Å². The number of hydrogen-bond donors (Lipinski definition) is 0. The van der Waals surface area contributed by atoms with Gasteiger partial charge < -0.3 is 0 Å². The summed E-state index contributed by atoms with van der Waals surface area (Å²) in [5.74, 6) is 2.24. The van der Waals surface area contributed by atoms with E-state index in [0.717, 1.165) is 12.8 Å². The van der Waals surface area contributed by atoms with Crippen molar-refractivity contribution in [1.29, 1.82) is 0 Å². The number of terminal acetylenes is 1. The molecule has 0 amide bonds. The first-order valence-electron chi connectivity index (χ1n) is 6.43. The Kier molecular flexibility index (Phi) is 13.4. The van der Waals surface area contributed by atoms with Gasteiger partial charge in [-0.1, -0.05) is 57.8 Å². The summed E-state index contributed by atoms with van der Waals surface area (Å²) in [6.07, 6.45) is 14.8. The molecule has 100 valence electrons. The summed E-state index contributed by atoms with van der Waals surface area (Å²) in [6.45, 7) is 2.73. The molecule has 0 fully saturated rings. The third-order valence-corrected chi connectivity index (χ3v) is 3.09. The summed E-state index contributed by atoms with van der Waals surface area (Å²) in [4.78, 5) is 0. The van der Waals surface area contributed by atoms with Gasteiger partial charge in [0.2, 0.25) is 0 Å². The molecule has 0 saturated heterocycles. The van der Waals surface area contributed by atoms with Crippen molar-refractivity contribution in [3.05, 3.63) is 0 Å². The first-order chi connectivity index (χ1) is 8.31. The lowest BCUT2D eigenvalue weighted by Crippen LogP contribution is -2.03. The summed E-state index contributed by atoms with van der Waals surface area (Å²) in [7, 11) is 0. The summed E-state index contributed by atoms with van der Waals surface area (Å²) < 4.78 is 20.6. The minimum absolute atomic E-state index is 0.0318. The fourth-order valence-corrected chi connectivity index (χ4v) is 1.97. The molecule has 0 radical (unpaired) electrons. The summed E-state index contributed by atoms with van der Waals surface area (Å²) in [6, 6.07) is 0. The van der Waals surface area contributed by atoms with E-state index in [9.17, 15) is 4.21 Å². The molecule has 0 aliphatic rings. The predicted octanol–water partition coefficient (Wildman–Crippen LogP) is 3.37. The van der Waals surface area contributed by atoms with E-state index in [1.54, 1.807) is 0 Å². The minimum atomic E-state index is -1.67. The van der Waals surface area contributed by atoms with Crippen molar-refractivity contribution in [2.75, 3.05) is 13.2 Å². The monoisotopic (exact) mass is 260 g/mol. The summed E-state index contributed by atoms with van der Waals surface area (Å²) >= 11 is -1.67. The molecule has 0 aromatic heterocycles. The fourth-order valence-electron chi connectivity index (χ4n) is 1.48. The van der Waals surface area contributed by atoms with Crippen molar-refractivity contribution in [2.45, 2.75) is 58.3 Å². The van der Waals surface area contributed by atoms with Crippen LogP contribution in [0.25, 0.3) is 0 Å². The zero-order valence-corrected chi connectivity index (χ0v) is 11.6. The van der Waals surface area contributed by atoms with Crippen molar-refractivity contribution in [3.8, 4) is 12.3 Å². The van der Waals surface area contributed by atoms with Crippen LogP contribution in [-0.4, -0.2) is 17.4 Å². The molecule has 4 heteroatoms. The highest BCUT2D eigenvalue weighted by molar-refractivity contribution is 7.75. The van der Waals surface area contributed by atoms with Crippen LogP contribution in [0.4, 0.5) is 0 Å². The molecule has 0 spiro atoms. The molecule has 0 saturated carbocycles. The van der Waals surface area contributed by atoms with Gasteiger partial charge in [0.05, 0.1) is 6.61 Å². The molecule has 17 heavy (non-hydrogen) atoms. The van der Waals surface area contributed by atoms with Crippen molar-refractivity contribution >= 4 is 11.4 Å². The maximum Gasteiger partial charge on any atom is 0.305 e. The van der Waals surface area contributed by atoms with Gasteiger partial charge in [-0.2, -0.15) is 4.21 Å². The molecule has 1 atom stereocenters. The van der Waals surface area contributed by atoms with Gasteiger partial charge in [0.25, 0.3) is 0 Å². The maximum absolute atomic E-state index is 11.0. The number of rotatable bonds is 12. The van der Waals surface area contributed by atoms with E-state index in [1.807, 2.05) is 0 Å². The largest absolute Gasteiger partial charge is 0.305 e. The lowest BCUT2D eigenvalue weighted by atomic mass is 10.1. The minimum Gasteiger partial charge on any atom is -0.268 e. The topological polar surface area (TPSA) is 35.5 Å². The molecular weight excluding hydrogens is 236 g/mol. The van der Waals surface area contributed by atoms with Gasteiger partial charge in [-0.15, -0.1) is 6.42 Å². The highest BCUT2D eigenvalue weighted by atomic mass is 32.2. The van der Waals surface area contributed by atoms with Gasteiger partial charge in [-0.3, -0.25) is 8.37 Å². The van der Waals surface area contributed by atoms with Crippen LogP contribution >= 0.6 is 0 Å². The van der Waals surface area contributed by atoms with Crippen LogP contribution in [0, 0.1) is 12.3 Å². The normalized spacial score (nSPS) is 12.2. The lowest BCUT2D eigenvalue weighted by Gasteiger charge is -2.02. The van der Waals surface area contributed by atoms with Gasteiger partial charge >= 0.3 is 11.4 Å². The smallest absolute Gasteiger partial charge is 0.268 e. The molecule has 0 N–H and O–H groups in total. The molecule has 0 aromatic rings. The van der Waals surface area contributed by atoms with Gasteiger partial charge in [-0.05, 0) is 6.42 Å². The van der Waals surface area contributed by atoms with Crippen LogP contribution < -0.4 is 0 Å². The molecular formula is C13H24O3S. The Morgan fingerprint density at radius 2 is 1.59 bits per heavy atom. The van der Waals surface area contributed by atoms with E-state index in [2.05, 4.69) is 17.0 Å². The maximum atomic E-state index is 11.0. The van der Waals surface area contributed by atoms with Crippen molar-refractivity contribution in [1.82, 2.24) is 0 Å². The Balaban J connectivity index is 3.08. The Morgan fingerprint density at radius 3 is 2.18 bits per heavy atom. The quantitative estimate of drug-likeness (QED) is 0.398. The van der Waals surface area contributed by atoms with E-state index in [-0.39, 0.29) is 6.61 Å². The van der Waals surface area contributed by atoms with Crippen molar-refractivity contribution in [2.24, 2.45) is 0 Å². The van der Waals surface area contributed by atoms with Crippen LogP contribution in [-0.2, 0) is 19.7 Å². The Hall–Kier alpha value is -0.370. The predicted molar refractivity (Wildman–Crippen MR) is 71.5 cm³/mol.